The summed E-state index contributed by atoms with van der Waals surface area (Å²) in [5, 5.41) is 4.51. The van der Waals surface area contributed by atoms with Crippen molar-refractivity contribution in [2.75, 3.05) is 13.2 Å². The molecular weight excluding hydrogens is 302 g/mol. The van der Waals surface area contributed by atoms with E-state index < -0.39 is 36.0 Å². The lowest BCUT2D eigenvalue weighted by Crippen LogP contribution is -2.44. The molecule has 2 rings (SSSR count). The number of benzene rings is 1. The largest absolute Gasteiger partial charge is 0.450 e. The average molecular weight is 319 g/mol. The van der Waals surface area contributed by atoms with Crippen molar-refractivity contribution in [3.05, 3.63) is 35.9 Å². The van der Waals surface area contributed by atoms with Crippen molar-refractivity contribution in [1.82, 2.24) is 15.5 Å². The molecule has 2 N–H and O–H groups in total. The molecule has 0 spiro atoms. The molecule has 1 fully saturated rings. The molecule has 23 heavy (non-hydrogen) atoms. The Hall–Kier alpha value is -2.90. The van der Waals surface area contributed by atoms with Crippen molar-refractivity contribution >= 4 is 23.9 Å². The topological polar surface area (TPSA) is 105 Å². The Balaban J connectivity index is 2.10. The average Bonchev–Trinajstić information content (AvgIpc) is 2.73. The van der Waals surface area contributed by atoms with Gasteiger partial charge in [-0.3, -0.25) is 19.8 Å². The predicted octanol–water partition coefficient (Wildman–Crippen LogP) is 0.726. The Morgan fingerprint density at radius 3 is 2.52 bits per heavy atom. The molecule has 1 aromatic rings. The first-order chi connectivity index (χ1) is 10.9. The Morgan fingerprint density at radius 1 is 1.26 bits per heavy atom. The van der Waals surface area contributed by atoms with Crippen molar-refractivity contribution in [1.29, 1.82) is 0 Å². The summed E-state index contributed by atoms with van der Waals surface area (Å²) in [4.78, 5) is 48.2. The van der Waals surface area contributed by atoms with Crippen molar-refractivity contribution in [2.24, 2.45) is 0 Å². The Kier molecular flexibility index (Phi) is 4.63. The van der Waals surface area contributed by atoms with Gasteiger partial charge in [0.05, 0.1) is 6.61 Å². The summed E-state index contributed by atoms with van der Waals surface area (Å²) in [6.45, 7) is 2.69. The van der Waals surface area contributed by atoms with Gasteiger partial charge in [0.1, 0.15) is 12.1 Å². The molecule has 1 aliphatic rings. The van der Waals surface area contributed by atoms with Crippen LogP contribution in [0, 0.1) is 0 Å². The SMILES string of the molecule is CCOC(=O)NC(=O)CN1C(=O)N[C@](C)(c2ccccc2)C1=O. The van der Waals surface area contributed by atoms with Crippen LogP contribution in [0.3, 0.4) is 0 Å². The second-order valence-electron chi connectivity index (χ2n) is 5.08. The molecule has 1 aromatic carbocycles. The van der Waals surface area contributed by atoms with Gasteiger partial charge < -0.3 is 10.1 Å². The minimum absolute atomic E-state index is 0.105. The van der Waals surface area contributed by atoms with Gasteiger partial charge in [0, 0.05) is 0 Å². The molecular formula is C15H17N3O5. The van der Waals surface area contributed by atoms with Crippen molar-refractivity contribution in [2.45, 2.75) is 19.4 Å². The number of nitrogens with one attached hydrogen (secondary N) is 2. The lowest BCUT2D eigenvalue weighted by atomic mass is 9.92. The van der Waals surface area contributed by atoms with Gasteiger partial charge in [0.25, 0.3) is 5.91 Å². The third-order valence-electron chi connectivity index (χ3n) is 3.44. The number of nitrogens with zero attached hydrogens (tertiary/aromatic N) is 1. The van der Waals surface area contributed by atoms with Crippen LogP contribution in [-0.2, 0) is 19.9 Å². The zero-order valence-corrected chi connectivity index (χ0v) is 12.8. The van der Waals surface area contributed by atoms with Crippen LogP contribution in [0.2, 0.25) is 0 Å². The van der Waals surface area contributed by atoms with Crippen LogP contribution >= 0.6 is 0 Å². The third-order valence-corrected chi connectivity index (χ3v) is 3.44. The maximum atomic E-state index is 12.5. The fourth-order valence-electron chi connectivity index (χ4n) is 2.27. The van der Waals surface area contributed by atoms with E-state index in [1.54, 1.807) is 44.2 Å². The van der Waals surface area contributed by atoms with Crippen LogP contribution in [-0.4, -0.2) is 42.0 Å². The number of hydrogen-bond donors (Lipinski definition) is 2. The Bertz CT molecular complexity index is 646. The van der Waals surface area contributed by atoms with E-state index in [-0.39, 0.29) is 6.61 Å². The molecule has 122 valence electrons. The number of carbonyl (C=O) groups is 4. The molecule has 0 aliphatic carbocycles. The monoisotopic (exact) mass is 319 g/mol. The van der Waals surface area contributed by atoms with Crippen LogP contribution < -0.4 is 10.6 Å². The number of hydrogen-bond acceptors (Lipinski definition) is 5. The van der Waals surface area contributed by atoms with Gasteiger partial charge in [-0.15, -0.1) is 0 Å². The molecule has 0 saturated carbocycles. The molecule has 0 bridgehead atoms. The standard InChI is InChI=1S/C15H17N3O5/c1-3-23-14(22)16-11(19)9-18-12(20)15(2,17-13(18)21)10-7-5-4-6-8-10/h4-8H,3,9H2,1-2H3,(H,17,21)(H,16,19,22)/t15-/m1/s1. The van der Waals surface area contributed by atoms with E-state index in [2.05, 4.69) is 10.1 Å². The molecule has 1 saturated heterocycles. The molecule has 8 nitrogen and oxygen atoms in total. The number of alkyl carbamates (subject to hydrolysis) is 1. The minimum Gasteiger partial charge on any atom is -0.450 e. The Labute approximate surface area is 132 Å². The lowest BCUT2D eigenvalue weighted by Gasteiger charge is -2.21. The molecule has 1 aliphatic heterocycles. The first-order valence-electron chi connectivity index (χ1n) is 7.04. The number of amides is 5. The second kappa shape index (κ2) is 6.47. The van der Waals surface area contributed by atoms with Crippen LogP contribution in [0.1, 0.15) is 19.4 Å². The third kappa shape index (κ3) is 3.31. The molecule has 1 heterocycles. The highest BCUT2D eigenvalue weighted by molar-refractivity contribution is 6.09. The molecule has 5 amide bonds. The van der Waals surface area contributed by atoms with Crippen molar-refractivity contribution in [3.8, 4) is 0 Å². The zero-order chi connectivity index (χ0) is 17.0. The summed E-state index contributed by atoms with van der Waals surface area (Å²) in [7, 11) is 0. The van der Waals surface area contributed by atoms with Gasteiger partial charge >= 0.3 is 12.1 Å². The summed E-state index contributed by atoms with van der Waals surface area (Å²) >= 11 is 0. The number of urea groups is 1. The molecule has 0 unspecified atom stereocenters. The van der Waals surface area contributed by atoms with E-state index >= 15 is 0 Å². The summed E-state index contributed by atoms with van der Waals surface area (Å²) in [5.74, 6) is -1.36. The van der Waals surface area contributed by atoms with Gasteiger partial charge in [-0.05, 0) is 19.4 Å². The normalized spacial score (nSPS) is 20.2. The minimum atomic E-state index is -1.25. The molecule has 1 atom stereocenters. The van der Waals surface area contributed by atoms with Crippen LogP contribution in [0.25, 0.3) is 0 Å². The fourth-order valence-corrected chi connectivity index (χ4v) is 2.27. The summed E-state index contributed by atoms with van der Waals surface area (Å²) < 4.78 is 4.57. The second-order valence-corrected chi connectivity index (χ2v) is 5.08. The Morgan fingerprint density at radius 2 is 1.91 bits per heavy atom. The van der Waals surface area contributed by atoms with Crippen LogP contribution in [0.5, 0.6) is 0 Å². The summed E-state index contributed by atoms with van der Waals surface area (Å²) in [6, 6.07) is 8.01. The van der Waals surface area contributed by atoms with E-state index in [9.17, 15) is 19.2 Å². The van der Waals surface area contributed by atoms with E-state index in [1.165, 1.54) is 0 Å². The maximum Gasteiger partial charge on any atom is 0.413 e. The zero-order valence-electron chi connectivity index (χ0n) is 12.8. The first kappa shape index (κ1) is 16.5. The van der Waals surface area contributed by atoms with Crippen molar-refractivity contribution in [3.63, 3.8) is 0 Å². The number of rotatable bonds is 4. The van der Waals surface area contributed by atoms with Crippen LogP contribution in [0.15, 0.2) is 30.3 Å². The summed E-state index contributed by atoms with van der Waals surface area (Å²) in [5.41, 5.74) is -0.644. The highest BCUT2D eigenvalue weighted by Gasteiger charge is 2.49. The van der Waals surface area contributed by atoms with E-state index in [0.717, 1.165) is 4.90 Å². The molecule has 8 heteroatoms. The first-order valence-corrected chi connectivity index (χ1v) is 7.04. The van der Waals surface area contributed by atoms with Gasteiger partial charge in [-0.1, -0.05) is 30.3 Å². The lowest BCUT2D eigenvalue weighted by molar-refractivity contribution is -0.134. The van der Waals surface area contributed by atoms with Crippen molar-refractivity contribution < 1.29 is 23.9 Å². The van der Waals surface area contributed by atoms with Crippen LogP contribution in [0.4, 0.5) is 9.59 Å². The highest BCUT2D eigenvalue weighted by Crippen LogP contribution is 2.28. The number of carbonyl (C=O) groups excluding carboxylic acids is 4. The number of ether oxygens (including phenoxy) is 1. The van der Waals surface area contributed by atoms with E-state index in [4.69, 9.17) is 0 Å². The van der Waals surface area contributed by atoms with Gasteiger partial charge in [-0.2, -0.15) is 0 Å². The maximum absolute atomic E-state index is 12.5. The van der Waals surface area contributed by atoms with Gasteiger partial charge in [0.2, 0.25) is 5.91 Å². The van der Waals surface area contributed by atoms with E-state index in [0.29, 0.717) is 5.56 Å². The fraction of sp³-hybridized carbons (Fsp3) is 0.333. The highest BCUT2D eigenvalue weighted by atomic mass is 16.5. The molecule has 0 radical (unpaired) electrons. The summed E-state index contributed by atoms with van der Waals surface area (Å²) in [6.07, 6.45) is -0.921. The molecule has 0 aromatic heterocycles. The van der Waals surface area contributed by atoms with E-state index in [1.807, 2.05) is 5.32 Å². The van der Waals surface area contributed by atoms with Gasteiger partial charge in [0.15, 0.2) is 0 Å². The smallest absolute Gasteiger partial charge is 0.413 e. The van der Waals surface area contributed by atoms with Gasteiger partial charge in [-0.25, -0.2) is 9.59 Å². The number of imide groups is 2. The quantitative estimate of drug-likeness (QED) is 0.796. The predicted molar refractivity (Wildman–Crippen MR) is 79.2 cm³/mol.